The van der Waals surface area contributed by atoms with Crippen molar-refractivity contribution in [3.63, 3.8) is 0 Å². The molecular formula is C21H21N3O2. The Morgan fingerprint density at radius 3 is 2.65 bits per heavy atom. The second-order valence-corrected chi connectivity index (χ2v) is 6.02. The molecule has 0 saturated carbocycles. The monoisotopic (exact) mass is 347 g/mol. The molecule has 26 heavy (non-hydrogen) atoms. The normalized spacial score (nSPS) is 11.6. The van der Waals surface area contributed by atoms with Crippen LogP contribution in [0.1, 0.15) is 30.6 Å². The van der Waals surface area contributed by atoms with Gasteiger partial charge in [0.25, 0.3) is 5.91 Å². The fourth-order valence-corrected chi connectivity index (χ4v) is 2.39. The van der Waals surface area contributed by atoms with Crippen molar-refractivity contribution in [1.82, 2.24) is 15.3 Å². The van der Waals surface area contributed by atoms with Crippen molar-refractivity contribution in [2.24, 2.45) is 0 Å². The van der Waals surface area contributed by atoms with Crippen LogP contribution in [0.4, 0.5) is 0 Å². The van der Waals surface area contributed by atoms with Crippen molar-refractivity contribution < 1.29 is 9.53 Å². The van der Waals surface area contributed by atoms with Crippen molar-refractivity contribution in [2.45, 2.75) is 26.3 Å². The van der Waals surface area contributed by atoms with Crippen LogP contribution in [0.3, 0.4) is 0 Å². The first kappa shape index (κ1) is 17.6. The summed E-state index contributed by atoms with van der Waals surface area (Å²) in [7, 11) is 0. The lowest BCUT2D eigenvalue weighted by Gasteiger charge is -2.12. The van der Waals surface area contributed by atoms with Gasteiger partial charge in [-0.15, -0.1) is 0 Å². The van der Waals surface area contributed by atoms with Crippen molar-refractivity contribution in [3.05, 3.63) is 72.6 Å². The van der Waals surface area contributed by atoms with E-state index in [1.807, 2.05) is 44.2 Å². The maximum absolute atomic E-state index is 12.3. The molecule has 1 heterocycles. The van der Waals surface area contributed by atoms with E-state index in [1.54, 1.807) is 30.3 Å². The van der Waals surface area contributed by atoms with Gasteiger partial charge in [0.1, 0.15) is 12.1 Å². The van der Waals surface area contributed by atoms with E-state index >= 15 is 0 Å². The number of carbonyl (C=O) groups is 1. The Labute approximate surface area is 153 Å². The molecule has 0 radical (unpaired) electrons. The minimum absolute atomic E-state index is 0.113. The third kappa shape index (κ3) is 4.45. The molecule has 2 aromatic carbocycles. The number of benzene rings is 2. The van der Waals surface area contributed by atoms with Crippen LogP contribution in [0.25, 0.3) is 11.3 Å². The van der Waals surface area contributed by atoms with Gasteiger partial charge in [0.2, 0.25) is 5.88 Å². The molecule has 0 fully saturated rings. The highest BCUT2D eigenvalue weighted by molar-refractivity contribution is 5.94. The predicted molar refractivity (Wildman–Crippen MR) is 101 cm³/mol. The molecule has 5 heteroatoms. The third-order valence-corrected chi connectivity index (χ3v) is 4.02. The van der Waals surface area contributed by atoms with E-state index in [4.69, 9.17) is 4.74 Å². The minimum atomic E-state index is -0.113. The van der Waals surface area contributed by atoms with Crippen molar-refractivity contribution >= 4 is 5.91 Å². The third-order valence-electron chi connectivity index (χ3n) is 4.02. The molecule has 0 bridgehead atoms. The van der Waals surface area contributed by atoms with E-state index in [1.165, 1.54) is 6.33 Å². The zero-order valence-electron chi connectivity index (χ0n) is 14.8. The summed E-state index contributed by atoms with van der Waals surface area (Å²) in [6.07, 6.45) is 2.35. The van der Waals surface area contributed by atoms with Crippen molar-refractivity contribution in [3.8, 4) is 22.9 Å². The van der Waals surface area contributed by atoms with Crippen LogP contribution in [0, 0.1) is 0 Å². The Hall–Kier alpha value is -3.21. The van der Waals surface area contributed by atoms with Crippen LogP contribution < -0.4 is 10.1 Å². The molecule has 3 rings (SSSR count). The van der Waals surface area contributed by atoms with Crippen molar-refractivity contribution in [2.75, 3.05) is 0 Å². The number of hydrogen-bond donors (Lipinski definition) is 1. The first-order valence-electron chi connectivity index (χ1n) is 8.62. The number of amides is 1. The maximum Gasteiger partial charge on any atom is 0.251 e. The van der Waals surface area contributed by atoms with E-state index < -0.39 is 0 Å². The van der Waals surface area contributed by atoms with Crippen LogP contribution in [-0.4, -0.2) is 21.9 Å². The lowest BCUT2D eigenvalue weighted by Crippen LogP contribution is -2.31. The van der Waals surface area contributed by atoms with E-state index in [0.29, 0.717) is 17.2 Å². The average Bonchev–Trinajstić information content (AvgIpc) is 2.69. The summed E-state index contributed by atoms with van der Waals surface area (Å²) in [6.45, 7) is 4.01. The van der Waals surface area contributed by atoms with Gasteiger partial charge in [-0.05, 0) is 31.5 Å². The van der Waals surface area contributed by atoms with Crippen LogP contribution in [0.5, 0.6) is 11.6 Å². The van der Waals surface area contributed by atoms with Gasteiger partial charge in [-0.3, -0.25) is 4.79 Å². The number of nitrogens with zero attached hydrogens (tertiary/aromatic N) is 2. The number of hydrogen-bond acceptors (Lipinski definition) is 4. The van der Waals surface area contributed by atoms with Gasteiger partial charge in [-0.25, -0.2) is 9.97 Å². The van der Waals surface area contributed by atoms with Gasteiger partial charge in [-0.2, -0.15) is 0 Å². The molecular weight excluding hydrogens is 326 g/mol. The highest BCUT2D eigenvalue weighted by atomic mass is 16.5. The van der Waals surface area contributed by atoms with Crippen LogP contribution >= 0.6 is 0 Å². The van der Waals surface area contributed by atoms with Gasteiger partial charge in [0.15, 0.2) is 0 Å². The highest BCUT2D eigenvalue weighted by Gasteiger charge is 2.10. The molecule has 0 saturated heterocycles. The molecule has 5 nitrogen and oxygen atoms in total. The lowest BCUT2D eigenvalue weighted by atomic mass is 10.1. The Balaban J connectivity index is 1.77. The van der Waals surface area contributed by atoms with E-state index in [-0.39, 0.29) is 11.9 Å². The standard InChI is InChI=1S/C21H21N3O2/c1-3-15(2)24-21(25)17-10-7-11-18(12-17)26-20-13-19(22-14-23-20)16-8-5-4-6-9-16/h4-15H,3H2,1-2H3,(H,24,25). The van der Waals surface area contributed by atoms with Crippen LogP contribution in [-0.2, 0) is 0 Å². The first-order valence-corrected chi connectivity index (χ1v) is 8.62. The largest absolute Gasteiger partial charge is 0.439 e. The van der Waals surface area contributed by atoms with Gasteiger partial charge < -0.3 is 10.1 Å². The van der Waals surface area contributed by atoms with E-state index in [9.17, 15) is 4.79 Å². The molecule has 1 atom stereocenters. The van der Waals surface area contributed by atoms with Gasteiger partial charge in [0.05, 0.1) is 5.69 Å². The Morgan fingerprint density at radius 2 is 1.88 bits per heavy atom. The number of carbonyl (C=O) groups excluding carboxylic acids is 1. The summed E-state index contributed by atoms with van der Waals surface area (Å²) in [6, 6.07) is 18.8. The smallest absolute Gasteiger partial charge is 0.251 e. The fourth-order valence-electron chi connectivity index (χ4n) is 2.39. The van der Waals surface area contributed by atoms with Crippen LogP contribution in [0.15, 0.2) is 67.0 Å². The highest BCUT2D eigenvalue weighted by Crippen LogP contribution is 2.24. The first-order chi connectivity index (χ1) is 12.7. The molecule has 1 amide bonds. The summed E-state index contributed by atoms with van der Waals surface area (Å²) in [5.74, 6) is 0.871. The van der Waals surface area contributed by atoms with E-state index in [2.05, 4.69) is 15.3 Å². The summed E-state index contributed by atoms with van der Waals surface area (Å²) in [5.41, 5.74) is 2.32. The van der Waals surface area contributed by atoms with Gasteiger partial charge in [0, 0.05) is 23.2 Å². The average molecular weight is 347 g/mol. The molecule has 3 aromatic rings. The zero-order chi connectivity index (χ0) is 18.4. The summed E-state index contributed by atoms with van der Waals surface area (Å²) in [5, 5.41) is 2.95. The predicted octanol–water partition coefficient (Wildman–Crippen LogP) is 4.46. The second-order valence-electron chi connectivity index (χ2n) is 6.02. The summed E-state index contributed by atoms with van der Waals surface area (Å²) < 4.78 is 5.83. The van der Waals surface area contributed by atoms with Gasteiger partial charge >= 0.3 is 0 Å². The maximum atomic E-state index is 12.3. The van der Waals surface area contributed by atoms with E-state index in [0.717, 1.165) is 17.7 Å². The Morgan fingerprint density at radius 1 is 1.08 bits per heavy atom. The molecule has 1 N–H and O–H groups in total. The molecule has 1 aromatic heterocycles. The fraction of sp³-hybridized carbons (Fsp3) is 0.190. The summed E-state index contributed by atoms with van der Waals surface area (Å²) in [4.78, 5) is 20.7. The minimum Gasteiger partial charge on any atom is -0.439 e. The molecule has 132 valence electrons. The van der Waals surface area contributed by atoms with Crippen molar-refractivity contribution in [1.29, 1.82) is 0 Å². The molecule has 1 unspecified atom stereocenters. The quantitative estimate of drug-likeness (QED) is 0.715. The molecule has 0 aliphatic carbocycles. The Kier molecular flexibility index (Phi) is 5.59. The molecule has 0 aliphatic rings. The number of rotatable bonds is 6. The number of aromatic nitrogens is 2. The molecule has 0 aliphatic heterocycles. The SMILES string of the molecule is CCC(C)NC(=O)c1cccc(Oc2cc(-c3ccccc3)ncn2)c1. The number of ether oxygens (including phenoxy) is 1. The lowest BCUT2D eigenvalue weighted by molar-refractivity contribution is 0.0939. The number of nitrogens with one attached hydrogen (secondary N) is 1. The summed E-state index contributed by atoms with van der Waals surface area (Å²) >= 11 is 0. The Bertz CT molecular complexity index is 881. The molecule has 0 spiro atoms. The van der Waals surface area contributed by atoms with Crippen LogP contribution in [0.2, 0.25) is 0 Å². The topological polar surface area (TPSA) is 64.1 Å². The zero-order valence-corrected chi connectivity index (χ0v) is 14.8. The van der Waals surface area contributed by atoms with Gasteiger partial charge in [-0.1, -0.05) is 43.3 Å². The second kappa shape index (κ2) is 8.25.